The summed E-state index contributed by atoms with van der Waals surface area (Å²) < 4.78 is 0.965. The number of nitrogens with zero attached hydrogens (tertiary/aromatic N) is 2. The Morgan fingerprint density at radius 3 is 2.94 bits per heavy atom. The Kier molecular flexibility index (Phi) is 5.49. The molecule has 88 valence electrons. The molecule has 3 nitrogen and oxygen atoms in total. The fraction of sp³-hybridized carbons (Fsp3) is 0.417. The Balaban J connectivity index is 3.01. The molecule has 0 atom stereocenters. The summed E-state index contributed by atoms with van der Waals surface area (Å²) in [5, 5.41) is 0. The monoisotopic (exact) mass is 283 g/mol. The zero-order valence-electron chi connectivity index (χ0n) is 9.62. The van der Waals surface area contributed by atoms with Crippen LogP contribution in [0, 0.1) is 0 Å². The molecule has 0 aromatic carbocycles. The van der Waals surface area contributed by atoms with Crippen LogP contribution in [-0.4, -0.2) is 18.1 Å². The average Bonchev–Trinajstić information content (AvgIpc) is 2.28. The summed E-state index contributed by atoms with van der Waals surface area (Å²) in [5.41, 5.74) is 6.80. The summed E-state index contributed by atoms with van der Waals surface area (Å²) in [6.07, 6.45) is 4.77. The summed E-state index contributed by atoms with van der Waals surface area (Å²) in [7, 11) is 0. The number of aromatic nitrogens is 1. The maximum absolute atomic E-state index is 5.74. The number of hydrogen-bond acceptors (Lipinski definition) is 3. The van der Waals surface area contributed by atoms with Gasteiger partial charge in [0.05, 0.1) is 0 Å². The molecule has 0 unspecified atom stereocenters. The van der Waals surface area contributed by atoms with Gasteiger partial charge in [-0.3, -0.25) is 0 Å². The van der Waals surface area contributed by atoms with E-state index in [9.17, 15) is 0 Å². The summed E-state index contributed by atoms with van der Waals surface area (Å²) in [6, 6.07) is 2.02. The highest BCUT2D eigenvalue weighted by Crippen LogP contribution is 2.21. The molecule has 0 saturated carbocycles. The number of rotatable bonds is 6. The van der Waals surface area contributed by atoms with Crippen molar-refractivity contribution in [3.05, 3.63) is 35.0 Å². The molecule has 0 bridgehead atoms. The number of anilines is 1. The van der Waals surface area contributed by atoms with Crippen LogP contribution in [0.15, 0.2) is 29.4 Å². The predicted molar refractivity (Wildman–Crippen MR) is 72.5 cm³/mol. The summed E-state index contributed by atoms with van der Waals surface area (Å²) in [5.74, 6) is 0.965. The first kappa shape index (κ1) is 13.2. The quantitative estimate of drug-likeness (QED) is 0.817. The first-order valence-corrected chi connectivity index (χ1v) is 6.22. The maximum atomic E-state index is 5.74. The third-order valence-electron chi connectivity index (χ3n) is 2.27. The van der Waals surface area contributed by atoms with Crippen LogP contribution in [0.3, 0.4) is 0 Å². The van der Waals surface area contributed by atoms with E-state index in [-0.39, 0.29) is 0 Å². The van der Waals surface area contributed by atoms with E-state index >= 15 is 0 Å². The minimum absolute atomic E-state index is 0.499. The van der Waals surface area contributed by atoms with Crippen LogP contribution in [0.2, 0.25) is 0 Å². The molecule has 0 saturated heterocycles. The molecule has 0 radical (unpaired) electrons. The van der Waals surface area contributed by atoms with Crippen LogP contribution >= 0.6 is 15.9 Å². The van der Waals surface area contributed by atoms with E-state index < -0.39 is 0 Å². The molecular weight excluding hydrogens is 266 g/mol. The number of pyridine rings is 1. The van der Waals surface area contributed by atoms with Crippen molar-refractivity contribution in [3.8, 4) is 0 Å². The Hall–Kier alpha value is -0.870. The van der Waals surface area contributed by atoms with E-state index in [1.165, 1.54) is 0 Å². The molecule has 4 heteroatoms. The van der Waals surface area contributed by atoms with Gasteiger partial charge in [-0.05, 0) is 28.4 Å². The van der Waals surface area contributed by atoms with Crippen molar-refractivity contribution in [1.82, 2.24) is 4.98 Å². The lowest BCUT2D eigenvalue weighted by atomic mass is 10.2. The standard InChI is InChI=1S/C12H18BrN3/c1-3-5-16(6-4-2)12-10(8-14)7-11(13)9-15-12/h3,7,9H,1,4-6,8,14H2,2H3. The zero-order chi connectivity index (χ0) is 12.0. The minimum Gasteiger partial charge on any atom is -0.353 e. The molecule has 1 rings (SSSR count). The summed E-state index contributed by atoms with van der Waals surface area (Å²) >= 11 is 3.41. The molecule has 0 aliphatic heterocycles. The molecule has 0 aliphatic carbocycles. The van der Waals surface area contributed by atoms with Crippen LogP contribution < -0.4 is 10.6 Å². The van der Waals surface area contributed by atoms with Crippen LogP contribution in [0.5, 0.6) is 0 Å². The fourth-order valence-corrected chi connectivity index (χ4v) is 2.00. The topological polar surface area (TPSA) is 42.2 Å². The van der Waals surface area contributed by atoms with Crippen molar-refractivity contribution in [1.29, 1.82) is 0 Å². The van der Waals surface area contributed by atoms with Crippen molar-refractivity contribution >= 4 is 21.7 Å². The second kappa shape index (κ2) is 6.66. The van der Waals surface area contributed by atoms with E-state index in [1.807, 2.05) is 12.1 Å². The Morgan fingerprint density at radius 1 is 1.62 bits per heavy atom. The highest BCUT2D eigenvalue weighted by Gasteiger charge is 2.10. The van der Waals surface area contributed by atoms with Crippen molar-refractivity contribution in [3.63, 3.8) is 0 Å². The smallest absolute Gasteiger partial charge is 0.133 e. The van der Waals surface area contributed by atoms with Gasteiger partial charge < -0.3 is 10.6 Å². The molecule has 1 heterocycles. The lowest BCUT2D eigenvalue weighted by molar-refractivity contribution is 0.792. The van der Waals surface area contributed by atoms with Gasteiger partial charge in [0, 0.05) is 35.9 Å². The van der Waals surface area contributed by atoms with Gasteiger partial charge in [-0.15, -0.1) is 6.58 Å². The largest absolute Gasteiger partial charge is 0.353 e. The van der Waals surface area contributed by atoms with Gasteiger partial charge in [0.1, 0.15) is 5.82 Å². The van der Waals surface area contributed by atoms with Crippen molar-refractivity contribution in [2.75, 3.05) is 18.0 Å². The molecular formula is C12H18BrN3. The second-order valence-corrected chi connectivity index (χ2v) is 4.49. The molecule has 0 amide bonds. The van der Waals surface area contributed by atoms with Gasteiger partial charge in [0.25, 0.3) is 0 Å². The lowest BCUT2D eigenvalue weighted by Gasteiger charge is -2.23. The van der Waals surface area contributed by atoms with Crippen molar-refractivity contribution in [2.45, 2.75) is 19.9 Å². The SMILES string of the molecule is C=CCN(CCC)c1ncc(Br)cc1CN. The van der Waals surface area contributed by atoms with E-state index in [1.54, 1.807) is 6.20 Å². The van der Waals surface area contributed by atoms with E-state index in [2.05, 4.69) is 39.3 Å². The number of halogens is 1. The third kappa shape index (κ3) is 3.32. The third-order valence-corrected chi connectivity index (χ3v) is 2.71. The lowest BCUT2D eigenvalue weighted by Crippen LogP contribution is -2.26. The van der Waals surface area contributed by atoms with E-state index in [0.717, 1.165) is 35.4 Å². The van der Waals surface area contributed by atoms with Crippen LogP contribution in [0.1, 0.15) is 18.9 Å². The van der Waals surface area contributed by atoms with Gasteiger partial charge in [-0.25, -0.2) is 4.98 Å². The predicted octanol–water partition coefficient (Wildman–Crippen LogP) is 2.71. The van der Waals surface area contributed by atoms with Crippen molar-refractivity contribution in [2.24, 2.45) is 5.73 Å². The van der Waals surface area contributed by atoms with E-state index in [4.69, 9.17) is 5.73 Å². The van der Waals surface area contributed by atoms with Crippen LogP contribution in [-0.2, 0) is 6.54 Å². The molecule has 0 aliphatic rings. The molecule has 16 heavy (non-hydrogen) atoms. The Labute approximate surface area is 105 Å². The first-order valence-electron chi connectivity index (χ1n) is 5.43. The average molecular weight is 284 g/mol. The molecule has 1 aromatic heterocycles. The van der Waals surface area contributed by atoms with Crippen LogP contribution in [0.25, 0.3) is 0 Å². The summed E-state index contributed by atoms with van der Waals surface area (Å²) in [4.78, 5) is 6.63. The maximum Gasteiger partial charge on any atom is 0.133 e. The molecule has 2 N–H and O–H groups in total. The summed E-state index contributed by atoms with van der Waals surface area (Å²) in [6.45, 7) is 8.19. The van der Waals surface area contributed by atoms with Crippen molar-refractivity contribution < 1.29 is 0 Å². The zero-order valence-corrected chi connectivity index (χ0v) is 11.2. The van der Waals surface area contributed by atoms with Gasteiger partial charge in [0.15, 0.2) is 0 Å². The van der Waals surface area contributed by atoms with Gasteiger partial charge in [0.2, 0.25) is 0 Å². The Morgan fingerprint density at radius 2 is 2.38 bits per heavy atom. The molecule has 0 spiro atoms. The van der Waals surface area contributed by atoms with Gasteiger partial charge >= 0.3 is 0 Å². The van der Waals surface area contributed by atoms with Gasteiger partial charge in [-0.2, -0.15) is 0 Å². The van der Waals surface area contributed by atoms with E-state index in [0.29, 0.717) is 6.54 Å². The fourth-order valence-electron chi connectivity index (χ4n) is 1.62. The molecule has 0 fully saturated rings. The Bertz CT molecular complexity index is 352. The number of hydrogen-bond donors (Lipinski definition) is 1. The number of nitrogens with two attached hydrogens (primary N) is 1. The first-order chi connectivity index (χ1) is 7.72. The van der Waals surface area contributed by atoms with Gasteiger partial charge in [-0.1, -0.05) is 13.0 Å². The molecule has 1 aromatic rings. The van der Waals surface area contributed by atoms with Crippen LogP contribution in [0.4, 0.5) is 5.82 Å². The minimum atomic E-state index is 0.499. The normalized spacial score (nSPS) is 10.2. The highest BCUT2D eigenvalue weighted by atomic mass is 79.9. The second-order valence-electron chi connectivity index (χ2n) is 3.58. The highest BCUT2D eigenvalue weighted by molar-refractivity contribution is 9.10.